The monoisotopic (exact) mass is 285 g/mol. The summed E-state index contributed by atoms with van der Waals surface area (Å²) in [5, 5.41) is 0. The molecular formula is C9H13F2NO5S. The zero-order valence-electron chi connectivity index (χ0n) is 9.64. The van der Waals surface area contributed by atoms with E-state index in [-0.39, 0.29) is 24.6 Å². The zero-order valence-corrected chi connectivity index (χ0v) is 10.5. The van der Waals surface area contributed by atoms with E-state index in [1.807, 2.05) is 0 Å². The number of hydrogen-bond donors (Lipinski definition) is 0. The lowest BCUT2D eigenvalue weighted by molar-refractivity contribution is -0.204. The summed E-state index contributed by atoms with van der Waals surface area (Å²) in [5.41, 5.74) is -1.34. The van der Waals surface area contributed by atoms with E-state index in [0.717, 1.165) is 0 Å². The Kier molecular flexibility index (Phi) is 3.32. The third-order valence-corrected chi connectivity index (χ3v) is 4.93. The fourth-order valence-corrected chi connectivity index (χ4v) is 3.94. The first kappa shape index (κ1) is 13.6. The quantitative estimate of drug-likeness (QED) is 0.679. The second-order valence-corrected chi connectivity index (χ2v) is 6.52. The number of hydrogen-bond acceptors (Lipinski definition) is 5. The molecule has 104 valence electrons. The average molecular weight is 285 g/mol. The molecule has 0 aromatic heterocycles. The number of amides is 1. The molecule has 0 radical (unpaired) electrons. The predicted octanol–water partition coefficient (Wildman–Crippen LogP) is -0.750. The van der Waals surface area contributed by atoms with E-state index in [1.165, 1.54) is 12.0 Å². The van der Waals surface area contributed by atoms with Gasteiger partial charge in [0.25, 0.3) is 5.91 Å². The zero-order chi connectivity index (χ0) is 13.6. The van der Waals surface area contributed by atoms with Crippen LogP contribution in [0.2, 0.25) is 0 Å². The number of sulfone groups is 1. The second kappa shape index (κ2) is 4.39. The summed E-state index contributed by atoms with van der Waals surface area (Å²) < 4.78 is 55.2. The van der Waals surface area contributed by atoms with Gasteiger partial charge in [-0.25, -0.2) is 8.42 Å². The van der Waals surface area contributed by atoms with Crippen LogP contribution >= 0.6 is 0 Å². The van der Waals surface area contributed by atoms with Crippen LogP contribution in [-0.4, -0.2) is 69.2 Å². The van der Waals surface area contributed by atoms with E-state index in [2.05, 4.69) is 4.74 Å². The lowest BCUT2D eigenvalue weighted by Crippen LogP contribution is -2.69. The molecule has 9 heteroatoms. The molecule has 0 aliphatic carbocycles. The Morgan fingerprint density at radius 2 is 1.94 bits per heavy atom. The Morgan fingerprint density at radius 1 is 1.39 bits per heavy atom. The van der Waals surface area contributed by atoms with Gasteiger partial charge in [0, 0.05) is 20.2 Å². The first-order valence-electron chi connectivity index (χ1n) is 5.26. The molecule has 1 amide bonds. The highest BCUT2D eigenvalue weighted by Gasteiger charge is 2.57. The fraction of sp³-hybridized carbons (Fsp3) is 0.889. The third kappa shape index (κ3) is 2.34. The summed E-state index contributed by atoms with van der Waals surface area (Å²) in [6.45, 7) is -2.80. The maximum Gasteiger partial charge on any atom is 0.345 e. The standard InChI is InChI=1S/C9H13F2NO5S/c1-16-9(4-18(14,15)5-9)7(13)12-2-6(3-12)17-8(10)11/h6,8H,2-5H2,1H3. The van der Waals surface area contributed by atoms with Gasteiger partial charge in [-0.2, -0.15) is 8.78 Å². The van der Waals surface area contributed by atoms with Gasteiger partial charge in [-0.05, 0) is 0 Å². The first-order chi connectivity index (χ1) is 8.28. The molecule has 2 heterocycles. The lowest BCUT2D eigenvalue weighted by Gasteiger charge is -2.46. The van der Waals surface area contributed by atoms with Crippen molar-refractivity contribution >= 4 is 15.7 Å². The van der Waals surface area contributed by atoms with Crippen molar-refractivity contribution in [2.24, 2.45) is 0 Å². The molecule has 0 N–H and O–H groups in total. The van der Waals surface area contributed by atoms with Crippen LogP contribution in [0.3, 0.4) is 0 Å². The van der Waals surface area contributed by atoms with Gasteiger partial charge in [-0.15, -0.1) is 0 Å². The summed E-state index contributed by atoms with van der Waals surface area (Å²) in [4.78, 5) is 13.2. The Balaban J connectivity index is 1.90. The molecule has 2 rings (SSSR count). The van der Waals surface area contributed by atoms with E-state index in [0.29, 0.717) is 0 Å². The van der Waals surface area contributed by atoms with Crippen molar-refractivity contribution in [1.82, 2.24) is 4.90 Å². The van der Waals surface area contributed by atoms with Gasteiger partial charge >= 0.3 is 6.61 Å². The number of alkyl halides is 2. The summed E-state index contributed by atoms with van der Waals surface area (Å²) in [7, 11) is -1.96. The molecule has 0 atom stereocenters. The topological polar surface area (TPSA) is 72.9 Å². The molecule has 2 saturated heterocycles. The minimum absolute atomic E-state index is 0.0360. The van der Waals surface area contributed by atoms with Crippen molar-refractivity contribution in [3.63, 3.8) is 0 Å². The number of carbonyl (C=O) groups is 1. The first-order valence-corrected chi connectivity index (χ1v) is 7.09. The summed E-state index contributed by atoms with van der Waals surface area (Å²) >= 11 is 0. The molecule has 2 fully saturated rings. The largest absolute Gasteiger partial charge is 0.366 e. The number of rotatable bonds is 4. The summed E-state index contributed by atoms with van der Waals surface area (Å²) in [6, 6.07) is 0. The normalized spacial score (nSPS) is 25.7. The Morgan fingerprint density at radius 3 is 2.33 bits per heavy atom. The average Bonchev–Trinajstić information content (AvgIpc) is 2.17. The molecule has 2 aliphatic heterocycles. The van der Waals surface area contributed by atoms with Crippen LogP contribution in [0, 0.1) is 0 Å². The lowest BCUT2D eigenvalue weighted by atomic mass is 10.0. The molecule has 0 unspecified atom stereocenters. The molecule has 0 saturated carbocycles. The van der Waals surface area contributed by atoms with Crippen molar-refractivity contribution in [2.45, 2.75) is 18.3 Å². The number of likely N-dealkylation sites (tertiary alicyclic amines) is 1. The van der Waals surface area contributed by atoms with Gasteiger partial charge in [-0.1, -0.05) is 0 Å². The van der Waals surface area contributed by atoms with Crippen LogP contribution in [0.25, 0.3) is 0 Å². The Labute approximate surface area is 103 Å². The Hall–Kier alpha value is -0.800. The van der Waals surface area contributed by atoms with Crippen LogP contribution in [0.5, 0.6) is 0 Å². The van der Waals surface area contributed by atoms with E-state index in [1.54, 1.807) is 0 Å². The number of methoxy groups -OCH3 is 1. The minimum Gasteiger partial charge on any atom is -0.366 e. The van der Waals surface area contributed by atoms with Crippen molar-refractivity contribution < 1.29 is 31.5 Å². The van der Waals surface area contributed by atoms with Crippen molar-refractivity contribution in [3.05, 3.63) is 0 Å². The molecule has 0 bridgehead atoms. The van der Waals surface area contributed by atoms with Crippen molar-refractivity contribution in [2.75, 3.05) is 31.7 Å². The highest BCUT2D eigenvalue weighted by Crippen LogP contribution is 2.31. The van der Waals surface area contributed by atoms with Gasteiger partial charge in [0.05, 0.1) is 17.6 Å². The minimum atomic E-state index is -3.22. The molecule has 0 aromatic carbocycles. The maximum absolute atomic E-state index is 12.0. The van der Waals surface area contributed by atoms with E-state index >= 15 is 0 Å². The molecule has 18 heavy (non-hydrogen) atoms. The maximum atomic E-state index is 12.0. The number of nitrogens with zero attached hydrogens (tertiary/aromatic N) is 1. The van der Waals surface area contributed by atoms with Crippen molar-refractivity contribution in [3.8, 4) is 0 Å². The number of halogens is 2. The van der Waals surface area contributed by atoms with E-state index in [4.69, 9.17) is 4.74 Å². The summed E-state index contributed by atoms with van der Waals surface area (Å²) in [5.74, 6) is -1.19. The molecule has 0 aromatic rings. The van der Waals surface area contributed by atoms with Crippen LogP contribution in [0.1, 0.15) is 0 Å². The number of carbonyl (C=O) groups excluding carboxylic acids is 1. The van der Waals surface area contributed by atoms with Gasteiger partial charge < -0.3 is 14.4 Å². The van der Waals surface area contributed by atoms with Crippen LogP contribution in [0.15, 0.2) is 0 Å². The van der Waals surface area contributed by atoms with E-state index < -0.39 is 34.1 Å². The number of ether oxygens (including phenoxy) is 2. The van der Waals surface area contributed by atoms with Gasteiger partial charge in [0.15, 0.2) is 15.4 Å². The smallest absolute Gasteiger partial charge is 0.345 e. The van der Waals surface area contributed by atoms with Crippen molar-refractivity contribution in [1.29, 1.82) is 0 Å². The Bertz CT molecular complexity index is 434. The predicted molar refractivity (Wildman–Crippen MR) is 55.9 cm³/mol. The molecular weight excluding hydrogens is 272 g/mol. The van der Waals surface area contributed by atoms with Crippen LogP contribution in [0.4, 0.5) is 8.78 Å². The SMILES string of the molecule is COC1(C(=O)N2CC(OC(F)F)C2)CS(=O)(=O)C1. The molecule has 0 spiro atoms. The fourth-order valence-electron chi connectivity index (χ4n) is 2.12. The van der Waals surface area contributed by atoms with Crippen LogP contribution < -0.4 is 0 Å². The van der Waals surface area contributed by atoms with Gasteiger partial charge in [0.1, 0.15) is 0 Å². The third-order valence-electron chi connectivity index (χ3n) is 3.12. The second-order valence-electron chi connectivity index (χ2n) is 4.46. The van der Waals surface area contributed by atoms with Gasteiger partial charge in [0.2, 0.25) is 0 Å². The van der Waals surface area contributed by atoms with Gasteiger partial charge in [-0.3, -0.25) is 4.79 Å². The van der Waals surface area contributed by atoms with Crippen LogP contribution in [-0.2, 0) is 24.1 Å². The molecule has 6 nitrogen and oxygen atoms in total. The highest BCUT2D eigenvalue weighted by molar-refractivity contribution is 7.93. The van der Waals surface area contributed by atoms with E-state index in [9.17, 15) is 22.0 Å². The molecule has 2 aliphatic rings. The summed E-state index contributed by atoms with van der Waals surface area (Å²) in [6.07, 6.45) is -0.695. The highest BCUT2D eigenvalue weighted by atomic mass is 32.2.